The van der Waals surface area contributed by atoms with Crippen molar-refractivity contribution < 1.29 is 14.3 Å². The summed E-state index contributed by atoms with van der Waals surface area (Å²) in [6, 6.07) is 23.8. The molecular formula is C28H28BrN3O3. The van der Waals surface area contributed by atoms with Crippen molar-refractivity contribution in [3.8, 4) is 11.5 Å². The van der Waals surface area contributed by atoms with Gasteiger partial charge in [0.15, 0.2) is 11.5 Å². The molecule has 1 amide bonds. The summed E-state index contributed by atoms with van der Waals surface area (Å²) in [6.07, 6.45) is 2.31. The highest BCUT2D eigenvalue weighted by molar-refractivity contribution is 9.10. The topological polar surface area (TPSA) is 56.6 Å². The standard InChI is InChI=1S/C28H28BrN3O3/c1-34-25-10-4-5-11-26(25)35-17-7-6-16-31-24-9-3-2-8-23(24)30-28(31)20-18-27(33)32(19-20)22-14-12-21(29)13-15-22/h2-5,8-15,20H,6-7,16-19H2,1H3. The number of carbonyl (C=O) groups excluding carboxylic acids is 1. The minimum absolute atomic E-state index is 0.0587. The number of methoxy groups -OCH3 is 1. The number of rotatable bonds is 9. The molecule has 6 nitrogen and oxygen atoms in total. The highest BCUT2D eigenvalue weighted by atomic mass is 79.9. The normalized spacial score (nSPS) is 15.7. The first-order valence-corrected chi connectivity index (χ1v) is 12.7. The minimum Gasteiger partial charge on any atom is -0.493 e. The van der Waals surface area contributed by atoms with Crippen LogP contribution in [-0.4, -0.2) is 35.7 Å². The highest BCUT2D eigenvalue weighted by Gasteiger charge is 2.34. The smallest absolute Gasteiger partial charge is 0.227 e. The molecule has 5 rings (SSSR count). The van der Waals surface area contributed by atoms with Gasteiger partial charge in [-0.3, -0.25) is 4.79 Å². The summed E-state index contributed by atoms with van der Waals surface area (Å²) in [5, 5.41) is 0. The van der Waals surface area contributed by atoms with Crippen molar-refractivity contribution in [2.75, 3.05) is 25.2 Å². The van der Waals surface area contributed by atoms with Crippen LogP contribution in [0.3, 0.4) is 0 Å². The van der Waals surface area contributed by atoms with Gasteiger partial charge in [0.1, 0.15) is 5.82 Å². The van der Waals surface area contributed by atoms with Crippen LogP contribution in [0, 0.1) is 0 Å². The third-order valence-electron chi connectivity index (χ3n) is 6.42. The zero-order valence-corrected chi connectivity index (χ0v) is 21.3. The number of fused-ring (bicyclic) bond motifs is 1. The van der Waals surface area contributed by atoms with Crippen molar-refractivity contribution in [2.24, 2.45) is 0 Å². The van der Waals surface area contributed by atoms with Crippen LogP contribution >= 0.6 is 15.9 Å². The van der Waals surface area contributed by atoms with Crippen molar-refractivity contribution in [3.05, 3.63) is 83.1 Å². The summed E-state index contributed by atoms with van der Waals surface area (Å²) >= 11 is 3.47. The Labute approximate surface area is 213 Å². The maximum absolute atomic E-state index is 12.9. The monoisotopic (exact) mass is 533 g/mol. The lowest BCUT2D eigenvalue weighted by Crippen LogP contribution is -2.24. The zero-order valence-electron chi connectivity index (χ0n) is 19.7. The van der Waals surface area contributed by atoms with Gasteiger partial charge in [0.2, 0.25) is 5.91 Å². The molecule has 1 atom stereocenters. The second-order valence-electron chi connectivity index (χ2n) is 8.70. The van der Waals surface area contributed by atoms with Crippen LogP contribution in [0.15, 0.2) is 77.3 Å². The van der Waals surface area contributed by atoms with Crippen LogP contribution in [0.2, 0.25) is 0 Å². The second kappa shape index (κ2) is 10.5. The number of unbranched alkanes of at least 4 members (excludes halogenated alkanes) is 1. The van der Waals surface area contributed by atoms with Crippen LogP contribution < -0.4 is 14.4 Å². The molecule has 4 aromatic rings. The molecule has 0 aliphatic carbocycles. The number of para-hydroxylation sites is 4. The van der Waals surface area contributed by atoms with E-state index in [1.165, 1.54) is 0 Å². The number of aromatic nitrogens is 2. The molecule has 0 spiro atoms. The van der Waals surface area contributed by atoms with E-state index >= 15 is 0 Å². The summed E-state index contributed by atoms with van der Waals surface area (Å²) in [4.78, 5) is 19.8. The molecule has 1 aliphatic rings. The number of hydrogen-bond acceptors (Lipinski definition) is 4. The molecule has 35 heavy (non-hydrogen) atoms. The largest absolute Gasteiger partial charge is 0.493 e. The Kier molecular flexibility index (Phi) is 7.04. The second-order valence-corrected chi connectivity index (χ2v) is 9.61. The Hall–Kier alpha value is -3.32. The van der Waals surface area contributed by atoms with E-state index in [1.54, 1.807) is 7.11 Å². The third-order valence-corrected chi connectivity index (χ3v) is 6.94. The number of imidazole rings is 1. The lowest BCUT2D eigenvalue weighted by molar-refractivity contribution is -0.117. The van der Waals surface area contributed by atoms with Crippen molar-refractivity contribution >= 4 is 38.6 Å². The molecule has 0 bridgehead atoms. The Balaban J connectivity index is 1.29. The van der Waals surface area contributed by atoms with Gasteiger partial charge in [-0.05, 0) is 61.4 Å². The fraction of sp³-hybridized carbons (Fsp3) is 0.286. The SMILES string of the molecule is COc1ccccc1OCCCCn1c(C2CC(=O)N(c3ccc(Br)cc3)C2)nc2ccccc21. The van der Waals surface area contributed by atoms with Gasteiger partial charge in [0.05, 0.1) is 24.8 Å². The quantitative estimate of drug-likeness (QED) is 0.241. The third kappa shape index (κ3) is 5.05. The number of carbonyl (C=O) groups is 1. The van der Waals surface area contributed by atoms with E-state index in [-0.39, 0.29) is 11.8 Å². The first-order chi connectivity index (χ1) is 17.1. The lowest BCUT2D eigenvalue weighted by atomic mass is 10.1. The van der Waals surface area contributed by atoms with E-state index in [1.807, 2.05) is 71.6 Å². The number of nitrogens with zero attached hydrogens (tertiary/aromatic N) is 3. The van der Waals surface area contributed by atoms with Crippen molar-refractivity contribution in [1.82, 2.24) is 9.55 Å². The number of halogens is 1. The summed E-state index contributed by atoms with van der Waals surface area (Å²) in [5.74, 6) is 2.70. The number of anilines is 1. The first-order valence-electron chi connectivity index (χ1n) is 11.9. The first kappa shape index (κ1) is 23.4. The fourth-order valence-corrected chi connectivity index (χ4v) is 4.95. The molecule has 3 aromatic carbocycles. The van der Waals surface area contributed by atoms with Gasteiger partial charge in [0, 0.05) is 35.6 Å². The van der Waals surface area contributed by atoms with Crippen LogP contribution in [0.4, 0.5) is 5.69 Å². The molecule has 1 aliphatic heterocycles. The predicted molar refractivity (Wildman–Crippen MR) is 141 cm³/mol. The van der Waals surface area contributed by atoms with Gasteiger partial charge in [-0.1, -0.05) is 40.2 Å². The van der Waals surface area contributed by atoms with Gasteiger partial charge in [-0.15, -0.1) is 0 Å². The van der Waals surface area contributed by atoms with Gasteiger partial charge in [0.25, 0.3) is 0 Å². The van der Waals surface area contributed by atoms with Crippen molar-refractivity contribution in [1.29, 1.82) is 0 Å². The average Bonchev–Trinajstić information content (AvgIpc) is 3.45. The van der Waals surface area contributed by atoms with E-state index in [0.29, 0.717) is 19.6 Å². The van der Waals surface area contributed by atoms with Crippen LogP contribution in [0.1, 0.15) is 31.0 Å². The molecule has 0 saturated carbocycles. The molecule has 180 valence electrons. The zero-order chi connectivity index (χ0) is 24.2. The number of hydrogen-bond donors (Lipinski definition) is 0. The molecule has 7 heteroatoms. The fourth-order valence-electron chi connectivity index (χ4n) is 4.68. The number of ether oxygens (including phenoxy) is 2. The molecule has 0 N–H and O–H groups in total. The Morgan fingerprint density at radius 2 is 1.71 bits per heavy atom. The van der Waals surface area contributed by atoms with Crippen LogP contribution in [-0.2, 0) is 11.3 Å². The summed E-state index contributed by atoms with van der Waals surface area (Å²) in [7, 11) is 1.65. The van der Waals surface area contributed by atoms with Gasteiger partial charge >= 0.3 is 0 Å². The minimum atomic E-state index is 0.0587. The Morgan fingerprint density at radius 3 is 2.51 bits per heavy atom. The maximum Gasteiger partial charge on any atom is 0.227 e. The van der Waals surface area contributed by atoms with E-state index in [9.17, 15) is 4.79 Å². The number of benzene rings is 3. The van der Waals surface area contributed by atoms with Gasteiger partial charge in [-0.25, -0.2) is 4.98 Å². The lowest BCUT2D eigenvalue weighted by Gasteiger charge is -2.17. The van der Waals surface area contributed by atoms with Crippen LogP contribution in [0.5, 0.6) is 11.5 Å². The van der Waals surface area contributed by atoms with Crippen molar-refractivity contribution in [2.45, 2.75) is 31.7 Å². The summed E-state index contributed by atoms with van der Waals surface area (Å²) in [6.45, 7) is 2.08. The average molecular weight is 534 g/mol. The Morgan fingerprint density at radius 1 is 0.971 bits per heavy atom. The summed E-state index contributed by atoms with van der Waals surface area (Å²) in [5.41, 5.74) is 3.02. The maximum atomic E-state index is 12.9. The van der Waals surface area contributed by atoms with E-state index in [0.717, 1.165) is 57.9 Å². The van der Waals surface area contributed by atoms with Crippen molar-refractivity contribution in [3.63, 3.8) is 0 Å². The molecule has 1 unspecified atom stereocenters. The van der Waals surface area contributed by atoms with Crippen LogP contribution in [0.25, 0.3) is 11.0 Å². The molecule has 1 saturated heterocycles. The van der Waals surface area contributed by atoms with Gasteiger partial charge in [-0.2, -0.15) is 0 Å². The van der Waals surface area contributed by atoms with Gasteiger partial charge < -0.3 is 18.9 Å². The number of amides is 1. The number of aryl methyl sites for hydroxylation is 1. The molecule has 1 fully saturated rings. The molecule has 0 radical (unpaired) electrons. The van der Waals surface area contributed by atoms with E-state index in [4.69, 9.17) is 14.5 Å². The molecule has 2 heterocycles. The summed E-state index contributed by atoms with van der Waals surface area (Å²) < 4.78 is 14.6. The Bertz CT molecular complexity index is 1320. The van der Waals surface area contributed by atoms with E-state index in [2.05, 4.69) is 26.6 Å². The molecular weight excluding hydrogens is 506 g/mol. The van der Waals surface area contributed by atoms with E-state index < -0.39 is 0 Å². The molecule has 1 aromatic heterocycles. The predicted octanol–water partition coefficient (Wildman–Crippen LogP) is 6.19. The highest BCUT2D eigenvalue weighted by Crippen LogP contribution is 2.34.